The van der Waals surface area contributed by atoms with Crippen molar-refractivity contribution >= 4 is 21.9 Å². The molecule has 0 bridgehead atoms. The molecule has 0 amide bonds. The molecule has 94 valence electrons. The Kier molecular flexibility index (Phi) is 4.03. The summed E-state index contributed by atoms with van der Waals surface area (Å²) in [6.45, 7) is 0.874. The molecule has 0 saturated carbocycles. The first kappa shape index (κ1) is 13.8. The van der Waals surface area contributed by atoms with Crippen molar-refractivity contribution < 1.29 is 27.8 Å². The van der Waals surface area contributed by atoms with Crippen LogP contribution in [0.5, 0.6) is 5.75 Å². The van der Waals surface area contributed by atoms with Crippen molar-refractivity contribution in [3.63, 3.8) is 0 Å². The Morgan fingerprint density at radius 2 is 2.06 bits per heavy atom. The van der Waals surface area contributed by atoms with Gasteiger partial charge in [-0.15, -0.1) is 0 Å². The van der Waals surface area contributed by atoms with Gasteiger partial charge in [-0.2, -0.15) is 13.2 Å². The summed E-state index contributed by atoms with van der Waals surface area (Å²) in [4.78, 5) is 10.7. The molecule has 1 unspecified atom stereocenters. The normalized spacial score (nSPS) is 13.2. The zero-order valence-electron chi connectivity index (χ0n) is 8.58. The van der Waals surface area contributed by atoms with Crippen LogP contribution in [-0.2, 0) is 0 Å². The maximum Gasteiger partial charge on any atom is 0.425 e. The summed E-state index contributed by atoms with van der Waals surface area (Å²) in [5.41, 5.74) is -0.0444. The number of ether oxygens (including phenoxy) is 1. The monoisotopic (exact) mass is 312 g/mol. The summed E-state index contributed by atoms with van der Waals surface area (Å²) in [5, 5.41) is 8.72. The topological polar surface area (TPSA) is 46.5 Å². The van der Waals surface area contributed by atoms with E-state index in [-0.39, 0.29) is 15.8 Å². The second-order valence-electron chi connectivity index (χ2n) is 3.25. The zero-order chi connectivity index (χ0) is 13.2. The number of carboxylic acid groups (broad SMARTS) is 1. The molecule has 0 heterocycles. The molecule has 0 spiro atoms. The van der Waals surface area contributed by atoms with Crippen molar-refractivity contribution in [1.82, 2.24) is 0 Å². The van der Waals surface area contributed by atoms with Crippen LogP contribution in [0.15, 0.2) is 22.7 Å². The van der Waals surface area contributed by atoms with E-state index in [0.717, 1.165) is 6.92 Å². The van der Waals surface area contributed by atoms with Crippen molar-refractivity contribution in [3.8, 4) is 5.75 Å². The predicted molar refractivity (Wildman–Crippen MR) is 57.2 cm³/mol. The lowest BCUT2D eigenvalue weighted by Crippen LogP contribution is -2.31. The average molecular weight is 313 g/mol. The van der Waals surface area contributed by atoms with Gasteiger partial charge in [-0.25, -0.2) is 4.79 Å². The van der Waals surface area contributed by atoms with E-state index >= 15 is 0 Å². The fourth-order valence-electron chi connectivity index (χ4n) is 1.01. The van der Waals surface area contributed by atoms with Gasteiger partial charge in [0.15, 0.2) is 6.10 Å². The van der Waals surface area contributed by atoms with Crippen LogP contribution in [-0.4, -0.2) is 23.4 Å². The third kappa shape index (κ3) is 3.62. The van der Waals surface area contributed by atoms with Crippen LogP contribution in [0.1, 0.15) is 17.3 Å². The lowest BCUT2D eigenvalue weighted by atomic mass is 10.2. The highest BCUT2D eigenvalue weighted by Gasteiger charge is 2.38. The Morgan fingerprint density at radius 3 is 2.47 bits per heavy atom. The summed E-state index contributed by atoms with van der Waals surface area (Å²) in [7, 11) is 0. The highest BCUT2D eigenvalue weighted by Crippen LogP contribution is 2.28. The molecule has 1 N–H and O–H groups in total. The molecular formula is C10H8BrF3O3. The van der Waals surface area contributed by atoms with Gasteiger partial charge in [-0.05, 0) is 41.1 Å². The number of carbonyl (C=O) groups is 1. The second-order valence-corrected chi connectivity index (χ2v) is 4.10. The van der Waals surface area contributed by atoms with Gasteiger partial charge in [0.25, 0.3) is 0 Å². The van der Waals surface area contributed by atoms with Gasteiger partial charge < -0.3 is 9.84 Å². The average Bonchev–Trinajstić information content (AvgIpc) is 2.15. The van der Waals surface area contributed by atoms with Crippen LogP contribution in [0.2, 0.25) is 0 Å². The van der Waals surface area contributed by atoms with E-state index in [2.05, 4.69) is 20.7 Å². The number of alkyl halides is 3. The van der Waals surface area contributed by atoms with Gasteiger partial charge in [0.2, 0.25) is 0 Å². The fraction of sp³-hybridized carbons (Fsp3) is 0.300. The molecule has 0 saturated heterocycles. The van der Waals surface area contributed by atoms with Gasteiger partial charge in [0, 0.05) is 4.47 Å². The Hall–Kier alpha value is -1.24. The van der Waals surface area contributed by atoms with Gasteiger partial charge in [0.1, 0.15) is 5.75 Å². The van der Waals surface area contributed by atoms with Gasteiger partial charge in [-0.1, -0.05) is 0 Å². The minimum absolute atomic E-state index is 0.0444. The first-order chi connectivity index (χ1) is 7.71. The van der Waals surface area contributed by atoms with E-state index in [4.69, 9.17) is 5.11 Å². The Morgan fingerprint density at radius 1 is 1.47 bits per heavy atom. The largest absolute Gasteiger partial charge is 0.481 e. The van der Waals surface area contributed by atoms with Crippen LogP contribution < -0.4 is 4.74 Å². The summed E-state index contributed by atoms with van der Waals surface area (Å²) in [6.07, 6.45) is -6.41. The maximum atomic E-state index is 12.2. The molecule has 0 aliphatic carbocycles. The molecule has 1 aromatic rings. The number of benzene rings is 1. The highest BCUT2D eigenvalue weighted by atomic mass is 79.9. The van der Waals surface area contributed by atoms with E-state index in [0.29, 0.717) is 0 Å². The zero-order valence-corrected chi connectivity index (χ0v) is 10.2. The number of rotatable bonds is 3. The Labute approximate surface area is 103 Å². The van der Waals surface area contributed by atoms with E-state index < -0.39 is 18.2 Å². The van der Waals surface area contributed by atoms with Crippen LogP contribution in [0.3, 0.4) is 0 Å². The van der Waals surface area contributed by atoms with Gasteiger partial charge in [-0.3, -0.25) is 0 Å². The number of aromatic carboxylic acids is 1. The molecule has 0 radical (unpaired) electrons. The summed E-state index contributed by atoms with van der Waals surface area (Å²) < 4.78 is 41.4. The molecule has 17 heavy (non-hydrogen) atoms. The molecule has 0 fully saturated rings. The molecule has 0 aromatic heterocycles. The van der Waals surface area contributed by atoms with E-state index in [9.17, 15) is 18.0 Å². The minimum atomic E-state index is -4.46. The fourth-order valence-corrected chi connectivity index (χ4v) is 1.54. The van der Waals surface area contributed by atoms with Gasteiger partial charge in [0.05, 0.1) is 5.56 Å². The second kappa shape index (κ2) is 4.95. The summed E-state index contributed by atoms with van der Waals surface area (Å²) in [6, 6.07) is 3.53. The van der Waals surface area contributed by atoms with Crippen LogP contribution in [0.25, 0.3) is 0 Å². The molecule has 1 aromatic carbocycles. The lowest BCUT2D eigenvalue weighted by Gasteiger charge is -2.17. The van der Waals surface area contributed by atoms with E-state index in [1.165, 1.54) is 18.2 Å². The standard InChI is InChI=1S/C10H8BrF3O3/c1-5(10(12,13)14)17-6-2-3-7(9(15)16)8(11)4-6/h2-5H,1H3,(H,15,16). The van der Waals surface area contributed by atoms with Crippen LogP contribution in [0.4, 0.5) is 13.2 Å². The van der Waals surface area contributed by atoms with E-state index in [1.807, 2.05) is 0 Å². The quantitative estimate of drug-likeness (QED) is 0.929. The molecule has 1 rings (SSSR count). The molecule has 7 heteroatoms. The third-order valence-electron chi connectivity index (χ3n) is 1.94. The van der Waals surface area contributed by atoms with Crippen LogP contribution >= 0.6 is 15.9 Å². The molecular weight excluding hydrogens is 305 g/mol. The van der Waals surface area contributed by atoms with Crippen molar-refractivity contribution in [3.05, 3.63) is 28.2 Å². The number of hydrogen-bond donors (Lipinski definition) is 1. The number of hydrogen-bond acceptors (Lipinski definition) is 2. The third-order valence-corrected chi connectivity index (χ3v) is 2.60. The van der Waals surface area contributed by atoms with Crippen molar-refractivity contribution in [2.75, 3.05) is 0 Å². The lowest BCUT2D eigenvalue weighted by molar-refractivity contribution is -0.189. The first-order valence-electron chi connectivity index (χ1n) is 4.48. The highest BCUT2D eigenvalue weighted by molar-refractivity contribution is 9.10. The van der Waals surface area contributed by atoms with E-state index in [1.54, 1.807) is 0 Å². The van der Waals surface area contributed by atoms with Crippen molar-refractivity contribution in [2.45, 2.75) is 19.2 Å². The van der Waals surface area contributed by atoms with Gasteiger partial charge >= 0.3 is 12.1 Å². The van der Waals surface area contributed by atoms with Crippen molar-refractivity contribution in [1.29, 1.82) is 0 Å². The SMILES string of the molecule is CC(Oc1ccc(C(=O)O)c(Br)c1)C(F)(F)F. The summed E-state index contributed by atoms with van der Waals surface area (Å²) in [5.74, 6) is -1.22. The Bertz CT molecular complexity index is 431. The molecule has 0 aliphatic heterocycles. The minimum Gasteiger partial charge on any atom is -0.481 e. The van der Waals surface area contributed by atoms with Crippen molar-refractivity contribution in [2.24, 2.45) is 0 Å². The smallest absolute Gasteiger partial charge is 0.425 e. The molecule has 0 aliphatic rings. The number of halogens is 4. The predicted octanol–water partition coefficient (Wildman–Crippen LogP) is 3.48. The maximum absolute atomic E-state index is 12.2. The molecule has 3 nitrogen and oxygen atoms in total. The number of carboxylic acids is 1. The summed E-state index contributed by atoms with van der Waals surface area (Å²) >= 11 is 2.95. The first-order valence-corrected chi connectivity index (χ1v) is 5.27. The van der Waals surface area contributed by atoms with Crippen LogP contribution in [0, 0.1) is 0 Å². The Balaban J connectivity index is 2.88. The molecule has 1 atom stereocenters.